The summed E-state index contributed by atoms with van der Waals surface area (Å²) in [6, 6.07) is 13.9. The van der Waals surface area contributed by atoms with Crippen molar-refractivity contribution in [3.63, 3.8) is 0 Å². The number of carbonyl (C=O) groups is 4. The number of aryl methyl sites for hydroxylation is 1. The molecule has 6 rings (SSSR count). The molecular formula is C38H46ClN5O6. The van der Waals surface area contributed by atoms with Crippen LogP contribution in [-0.2, 0) is 20.8 Å². The second kappa shape index (κ2) is 13.6. The Hall–Kier alpha value is -3.98. The number of aliphatic hydroxyl groups is 1. The van der Waals surface area contributed by atoms with E-state index in [1.807, 2.05) is 24.3 Å². The lowest BCUT2D eigenvalue weighted by molar-refractivity contribution is -0.164. The summed E-state index contributed by atoms with van der Waals surface area (Å²) in [6.45, 7) is 10.6. The number of imide groups is 1. The number of rotatable bonds is 9. The molecule has 0 radical (unpaired) electrons. The Balaban J connectivity index is 0.960. The first-order valence-corrected chi connectivity index (χ1v) is 17.9. The van der Waals surface area contributed by atoms with Gasteiger partial charge in [-0.15, -0.1) is 0 Å². The van der Waals surface area contributed by atoms with Crippen LogP contribution in [0.5, 0.6) is 5.75 Å². The zero-order valence-electron chi connectivity index (χ0n) is 29.1. The summed E-state index contributed by atoms with van der Waals surface area (Å²) in [5.74, 6) is -0.544. The van der Waals surface area contributed by atoms with E-state index in [0.29, 0.717) is 54.3 Å². The third-order valence-corrected chi connectivity index (χ3v) is 11.8. The quantitative estimate of drug-likeness (QED) is 0.329. The van der Waals surface area contributed by atoms with E-state index in [1.165, 1.54) is 0 Å². The minimum absolute atomic E-state index is 0.133. The van der Waals surface area contributed by atoms with E-state index in [1.54, 1.807) is 18.2 Å². The first-order valence-electron chi connectivity index (χ1n) is 17.5. The lowest BCUT2D eigenvalue weighted by Gasteiger charge is -2.63. The fourth-order valence-corrected chi connectivity index (χ4v) is 9.11. The molecule has 1 spiro atoms. The van der Waals surface area contributed by atoms with Crippen LogP contribution in [0.4, 0.5) is 0 Å². The number of halogens is 1. The zero-order chi connectivity index (χ0) is 36.0. The average Bonchev–Trinajstić information content (AvgIpc) is 3.31. The molecule has 1 aliphatic carbocycles. The second-order valence-corrected chi connectivity index (χ2v) is 16.0. The van der Waals surface area contributed by atoms with Crippen LogP contribution >= 0.6 is 11.6 Å². The van der Waals surface area contributed by atoms with Crippen molar-refractivity contribution < 1.29 is 29.0 Å². The molecule has 4 fully saturated rings. The van der Waals surface area contributed by atoms with Gasteiger partial charge in [0.1, 0.15) is 30.2 Å². The molecule has 12 heteroatoms. The van der Waals surface area contributed by atoms with Gasteiger partial charge < -0.3 is 25.4 Å². The lowest BCUT2D eigenvalue weighted by atomic mass is 9.49. The third-order valence-electron chi connectivity index (χ3n) is 11.5. The number of nitrogens with zero attached hydrogens (tertiary/aromatic N) is 3. The minimum Gasteiger partial charge on any atom is -0.489 e. The molecule has 0 bridgehead atoms. The molecule has 266 valence electrons. The number of piperidine rings is 2. The second-order valence-electron chi connectivity index (χ2n) is 15.6. The summed E-state index contributed by atoms with van der Waals surface area (Å²) in [5.41, 5.74) is 0.670. The number of nitrogens with one attached hydrogen (secondary N) is 2. The zero-order valence-corrected chi connectivity index (χ0v) is 29.9. The summed E-state index contributed by atoms with van der Waals surface area (Å²) in [4.78, 5) is 55.6. The van der Waals surface area contributed by atoms with Crippen LogP contribution < -0.4 is 15.4 Å². The van der Waals surface area contributed by atoms with Gasteiger partial charge in [-0.25, -0.2) is 0 Å². The summed E-state index contributed by atoms with van der Waals surface area (Å²) in [6.07, 6.45) is 2.55. The van der Waals surface area contributed by atoms with Gasteiger partial charge in [0.2, 0.25) is 17.7 Å². The van der Waals surface area contributed by atoms with Crippen molar-refractivity contribution >= 4 is 35.2 Å². The maximum absolute atomic E-state index is 13.5. The van der Waals surface area contributed by atoms with Crippen molar-refractivity contribution in [2.24, 2.45) is 16.2 Å². The van der Waals surface area contributed by atoms with Crippen LogP contribution in [0.15, 0.2) is 42.5 Å². The van der Waals surface area contributed by atoms with Gasteiger partial charge in [-0.1, -0.05) is 51.4 Å². The molecule has 4 amide bonds. The molecule has 3 heterocycles. The van der Waals surface area contributed by atoms with Crippen LogP contribution in [0, 0.1) is 27.6 Å². The molecule has 3 aliphatic heterocycles. The fourth-order valence-electron chi connectivity index (χ4n) is 8.90. The first kappa shape index (κ1) is 35.8. The van der Waals surface area contributed by atoms with E-state index in [4.69, 9.17) is 16.3 Å². The van der Waals surface area contributed by atoms with Crippen molar-refractivity contribution in [1.82, 2.24) is 20.4 Å². The van der Waals surface area contributed by atoms with E-state index in [2.05, 4.69) is 49.3 Å². The highest BCUT2D eigenvalue weighted by Crippen LogP contribution is 2.55. The first-order chi connectivity index (χ1) is 23.7. The average molecular weight is 704 g/mol. The highest BCUT2D eigenvalue weighted by molar-refractivity contribution is 6.31. The summed E-state index contributed by atoms with van der Waals surface area (Å²) in [7, 11) is 0. The number of likely N-dealkylation sites (tertiary alicyclic amines) is 2. The molecule has 2 aromatic rings. The van der Waals surface area contributed by atoms with E-state index in [-0.39, 0.29) is 53.5 Å². The number of carbonyl (C=O) groups excluding carboxylic acids is 4. The molecule has 2 aromatic carbocycles. The number of ether oxygens (including phenoxy) is 1. The van der Waals surface area contributed by atoms with E-state index < -0.39 is 23.6 Å². The van der Waals surface area contributed by atoms with E-state index >= 15 is 0 Å². The maximum Gasteiger partial charge on any atom is 0.251 e. The Morgan fingerprint density at radius 1 is 1.06 bits per heavy atom. The number of nitriles is 1. The number of aliphatic hydroxyl groups excluding tert-OH is 1. The predicted molar refractivity (Wildman–Crippen MR) is 186 cm³/mol. The number of amides is 4. The molecule has 2 unspecified atom stereocenters. The van der Waals surface area contributed by atoms with Crippen molar-refractivity contribution in [3.8, 4) is 11.8 Å². The fraction of sp³-hybridized carbons (Fsp3) is 0.553. The van der Waals surface area contributed by atoms with Crippen LogP contribution in [-0.4, -0.2) is 82.6 Å². The Morgan fingerprint density at radius 2 is 1.74 bits per heavy atom. The molecule has 1 saturated carbocycles. The van der Waals surface area contributed by atoms with Crippen molar-refractivity contribution in [3.05, 3.63) is 64.2 Å². The molecule has 4 aliphatic rings. The largest absolute Gasteiger partial charge is 0.489 e. The van der Waals surface area contributed by atoms with Gasteiger partial charge in [0.05, 0.1) is 16.0 Å². The molecule has 11 nitrogen and oxygen atoms in total. The standard InChI is InChI=1S/C38H46ClN5O6/c1-36(2)33(37(3,4)34(36)50-26-12-11-25(22-40)27(39)20-26)42-31(47)24-9-7-23(8-10-24)6-5-17-43-18-15-38(16-19-43)21-30(46)44(35(38)49)28-13-14-29(45)41-32(28)48/h7-12,20,28-29,33-34,45H,5-6,13-19,21H2,1-4H3,(H,41,48)(H,42,47)/t28?,29?,33-,34-. The van der Waals surface area contributed by atoms with Crippen LogP contribution in [0.2, 0.25) is 5.02 Å². The van der Waals surface area contributed by atoms with Gasteiger partial charge in [-0.2, -0.15) is 5.26 Å². The summed E-state index contributed by atoms with van der Waals surface area (Å²) in [5, 5.41) is 24.9. The summed E-state index contributed by atoms with van der Waals surface area (Å²) < 4.78 is 6.34. The van der Waals surface area contributed by atoms with Crippen LogP contribution in [0.25, 0.3) is 0 Å². The molecule has 0 aromatic heterocycles. The third kappa shape index (κ3) is 6.61. The molecule has 50 heavy (non-hydrogen) atoms. The highest BCUT2D eigenvalue weighted by Gasteiger charge is 2.64. The Bertz CT molecular complexity index is 1690. The van der Waals surface area contributed by atoms with Gasteiger partial charge in [-0.05, 0) is 88.0 Å². The molecule has 3 N–H and O–H groups in total. The van der Waals surface area contributed by atoms with Crippen molar-refractivity contribution in [1.29, 1.82) is 5.26 Å². The van der Waals surface area contributed by atoms with Gasteiger partial charge in [0, 0.05) is 34.9 Å². The molecular weight excluding hydrogens is 658 g/mol. The molecule has 2 atom stereocenters. The van der Waals surface area contributed by atoms with Gasteiger partial charge in [0.15, 0.2) is 0 Å². The summed E-state index contributed by atoms with van der Waals surface area (Å²) >= 11 is 6.22. The van der Waals surface area contributed by atoms with E-state index in [0.717, 1.165) is 29.8 Å². The topological polar surface area (TPSA) is 152 Å². The van der Waals surface area contributed by atoms with Gasteiger partial charge in [-0.3, -0.25) is 24.1 Å². The lowest BCUT2D eigenvalue weighted by Crippen LogP contribution is -2.74. The van der Waals surface area contributed by atoms with E-state index in [9.17, 15) is 29.5 Å². The monoisotopic (exact) mass is 703 g/mol. The van der Waals surface area contributed by atoms with Crippen LogP contribution in [0.1, 0.15) is 87.7 Å². The SMILES string of the molecule is CC1(C)[C@H](NC(=O)c2ccc(CCCN3CCC4(CC3)CC(=O)N(C3CCC(O)NC3=O)C4=O)cc2)C(C)(C)[C@H]1Oc1ccc(C#N)c(Cl)c1. The predicted octanol–water partition coefficient (Wildman–Crippen LogP) is 4.19. The smallest absolute Gasteiger partial charge is 0.251 e. The Kier molecular flexibility index (Phi) is 9.76. The van der Waals surface area contributed by atoms with Gasteiger partial charge >= 0.3 is 0 Å². The minimum atomic E-state index is -0.933. The normalized spacial score (nSPS) is 27.0. The number of hydrogen-bond donors (Lipinski definition) is 3. The Labute approximate surface area is 298 Å². The Morgan fingerprint density at radius 3 is 2.36 bits per heavy atom. The van der Waals surface area contributed by atoms with Gasteiger partial charge in [0.25, 0.3) is 5.91 Å². The number of benzene rings is 2. The molecule has 3 saturated heterocycles. The van der Waals surface area contributed by atoms with Crippen molar-refractivity contribution in [2.45, 2.75) is 97.1 Å². The van der Waals surface area contributed by atoms with Crippen LogP contribution in [0.3, 0.4) is 0 Å². The maximum atomic E-state index is 13.5. The number of hydrogen-bond acceptors (Lipinski definition) is 8. The van der Waals surface area contributed by atoms with Crippen molar-refractivity contribution in [2.75, 3.05) is 19.6 Å². The highest BCUT2D eigenvalue weighted by atomic mass is 35.5.